The summed E-state index contributed by atoms with van der Waals surface area (Å²) in [5, 5.41) is 3.15. The zero-order chi connectivity index (χ0) is 20.8. The highest BCUT2D eigenvalue weighted by atomic mass is 19.1. The van der Waals surface area contributed by atoms with Gasteiger partial charge in [-0.25, -0.2) is 19.3 Å². The number of benzene rings is 1. The average Bonchev–Trinajstić information content (AvgIpc) is 2.79. The summed E-state index contributed by atoms with van der Waals surface area (Å²) in [6, 6.07) is 13.9. The molecular formula is C22H21FN6O. The van der Waals surface area contributed by atoms with Crippen LogP contribution in [-0.4, -0.2) is 51.9 Å². The quantitative estimate of drug-likeness (QED) is 0.659. The van der Waals surface area contributed by atoms with Crippen LogP contribution in [0.1, 0.15) is 5.56 Å². The molecular weight excluding hydrogens is 383 g/mol. The van der Waals surface area contributed by atoms with Gasteiger partial charge in [0.05, 0.1) is 0 Å². The second-order valence-electron chi connectivity index (χ2n) is 6.77. The highest BCUT2D eigenvalue weighted by Gasteiger charge is 2.21. The number of nitrogens with one attached hydrogen (secondary N) is 1. The third kappa shape index (κ3) is 4.78. The number of hydrogen-bond acceptors (Lipinski definition) is 6. The minimum Gasteiger partial charge on any atom is -0.353 e. The Bertz CT molecular complexity index is 1030. The lowest BCUT2D eigenvalue weighted by molar-refractivity contribution is -0.126. The lowest BCUT2D eigenvalue weighted by Gasteiger charge is -2.35. The van der Waals surface area contributed by atoms with E-state index in [0.29, 0.717) is 43.4 Å². The summed E-state index contributed by atoms with van der Waals surface area (Å²) in [6.07, 6.45) is 6.16. The number of amides is 1. The second kappa shape index (κ2) is 9.13. The molecule has 1 N–H and O–H groups in total. The van der Waals surface area contributed by atoms with E-state index in [9.17, 15) is 9.18 Å². The van der Waals surface area contributed by atoms with Crippen molar-refractivity contribution in [1.82, 2.24) is 19.9 Å². The van der Waals surface area contributed by atoms with Gasteiger partial charge in [0, 0.05) is 50.1 Å². The van der Waals surface area contributed by atoms with Crippen molar-refractivity contribution in [3.63, 3.8) is 0 Å². The number of hydrogen-bond donors (Lipinski definition) is 1. The molecule has 1 saturated heterocycles. The molecule has 8 heteroatoms. The van der Waals surface area contributed by atoms with E-state index < -0.39 is 0 Å². The number of pyridine rings is 1. The molecule has 0 radical (unpaired) electrons. The Balaban J connectivity index is 1.35. The van der Waals surface area contributed by atoms with Crippen LogP contribution in [0, 0.1) is 5.82 Å². The molecule has 152 valence electrons. The SMILES string of the molecule is O=C(/C=C/c1ccccc1F)N1CCN(c2cc(Nc3ccccn3)ncn2)CC1. The first-order valence-electron chi connectivity index (χ1n) is 9.65. The highest BCUT2D eigenvalue weighted by molar-refractivity contribution is 5.92. The van der Waals surface area contributed by atoms with Crippen LogP contribution in [0.2, 0.25) is 0 Å². The van der Waals surface area contributed by atoms with Gasteiger partial charge in [0.1, 0.15) is 29.6 Å². The monoisotopic (exact) mass is 404 g/mol. The van der Waals surface area contributed by atoms with Crippen LogP contribution >= 0.6 is 0 Å². The van der Waals surface area contributed by atoms with Crippen molar-refractivity contribution in [2.75, 3.05) is 36.4 Å². The Morgan fingerprint density at radius 1 is 0.967 bits per heavy atom. The van der Waals surface area contributed by atoms with Gasteiger partial charge in [-0.05, 0) is 24.3 Å². The number of carbonyl (C=O) groups excluding carboxylic acids is 1. The Morgan fingerprint density at radius 2 is 1.77 bits per heavy atom. The van der Waals surface area contributed by atoms with Crippen molar-refractivity contribution in [2.45, 2.75) is 0 Å². The first-order valence-corrected chi connectivity index (χ1v) is 9.65. The summed E-state index contributed by atoms with van der Waals surface area (Å²) in [5.41, 5.74) is 0.401. The van der Waals surface area contributed by atoms with Gasteiger partial charge in [0.25, 0.3) is 0 Å². The molecule has 0 atom stereocenters. The number of anilines is 3. The Morgan fingerprint density at radius 3 is 2.53 bits per heavy atom. The smallest absolute Gasteiger partial charge is 0.246 e. The predicted molar refractivity (Wildman–Crippen MR) is 114 cm³/mol. The first-order chi connectivity index (χ1) is 14.7. The van der Waals surface area contributed by atoms with Crippen molar-refractivity contribution < 1.29 is 9.18 Å². The van der Waals surface area contributed by atoms with Gasteiger partial charge >= 0.3 is 0 Å². The van der Waals surface area contributed by atoms with Crippen LogP contribution in [0.5, 0.6) is 0 Å². The molecule has 0 saturated carbocycles. The molecule has 1 fully saturated rings. The number of nitrogens with zero attached hydrogens (tertiary/aromatic N) is 5. The molecule has 0 unspecified atom stereocenters. The maximum absolute atomic E-state index is 13.7. The zero-order valence-electron chi connectivity index (χ0n) is 16.3. The molecule has 1 amide bonds. The van der Waals surface area contributed by atoms with Gasteiger partial charge in [-0.2, -0.15) is 0 Å². The Hall–Kier alpha value is -3.81. The molecule has 30 heavy (non-hydrogen) atoms. The van der Waals surface area contributed by atoms with Crippen LogP contribution < -0.4 is 10.2 Å². The van der Waals surface area contributed by atoms with Crippen molar-refractivity contribution in [2.24, 2.45) is 0 Å². The third-order valence-corrected chi connectivity index (χ3v) is 4.80. The molecule has 3 heterocycles. The van der Waals surface area contributed by atoms with Crippen LogP contribution in [0.15, 0.2) is 67.1 Å². The molecule has 1 aliphatic heterocycles. The molecule has 3 aromatic rings. The molecule has 1 aliphatic rings. The number of halogens is 1. The number of rotatable bonds is 5. The van der Waals surface area contributed by atoms with Gasteiger partial charge in [-0.1, -0.05) is 24.3 Å². The van der Waals surface area contributed by atoms with Crippen LogP contribution in [-0.2, 0) is 4.79 Å². The van der Waals surface area contributed by atoms with Crippen molar-refractivity contribution in [3.8, 4) is 0 Å². The molecule has 1 aromatic carbocycles. The van der Waals surface area contributed by atoms with E-state index in [1.807, 2.05) is 24.3 Å². The lowest BCUT2D eigenvalue weighted by Crippen LogP contribution is -2.48. The summed E-state index contributed by atoms with van der Waals surface area (Å²) >= 11 is 0. The van der Waals surface area contributed by atoms with E-state index in [2.05, 4.69) is 25.2 Å². The van der Waals surface area contributed by atoms with Crippen molar-refractivity contribution in [3.05, 3.63) is 78.5 Å². The molecule has 0 bridgehead atoms. The molecule has 7 nitrogen and oxygen atoms in total. The van der Waals surface area contributed by atoms with Gasteiger partial charge < -0.3 is 15.1 Å². The fourth-order valence-electron chi connectivity index (χ4n) is 3.19. The summed E-state index contributed by atoms with van der Waals surface area (Å²) < 4.78 is 13.7. The average molecular weight is 404 g/mol. The molecule has 0 spiro atoms. The van der Waals surface area contributed by atoms with E-state index in [0.717, 1.165) is 5.82 Å². The largest absolute Gasteiger partial charge is 0.353 e. The Kier molecular flexibility index (Phi) is 5.93. The van der Waals surface area contributed by atoms with E-state index in [-0.39, 0.29) is 11.7 Å². The van der Waals surface area contributed by atoms with E-state index in [1.165, 1.54) is 24.5 Å². The van der Waals surface area contributed by atoms with Gasteiger partial charge in [-0.3, -0.25) is 4.79 Å². The summed E-state index contributed by atoms with van der Waals surface area (Å²) in [5.74, 6) is 1.69. The molecule has 4 rings (SSSR count). The normalized spacial score (nSPS) is 14.2. The standard InChI is InChI=1S/C22H21FN6O/c23-18-6-2-1-5-17(18)8-9-22(30)29-13-11-28(12-14-29)21-15-20(25-16-26-21)27-19-7-3-4-10-24-19/h1-10,15-16H,11-14H2,(H,24,25,26,27)/b9-8+. The maximum atomic E-state index is 13.7. The summed E-state index contributed by atoms with van der Waals surface area (Å²) in [6.45, 7) is 2.43. The summed E-state index contributed by atoms with van der Waals surface area (Å²) in [7, 11) is 0. The Labute approximate surface area is 173 Å². The first kappa shape index (κ1) is 19.5. The van der Waals surface area contributed by atoms with Crippen LogP contribution in [0.25, 0.3) is 6.08 Å². The van der Waals surface area contributed by atoms with Gasteiger partial charge in [-0.15, -0.1) is 0 Å². The zero-order valence-corrected chi connectivity index (χ0v) is 16.3. The molecule has 0 aliphatic carbocycles. The van der Waals surface area contributed by atoms with Gasteiger partial charge in [0.2, 0.25) is 5.91 Å². The number of piperazine rings is 1. The fraction of sp³-hybridized carbons (Fsp3) is 0.182. The highest BCUT2D eigenvalue weighted by Crippen LogP contribution is 2.19. The van der Waals surface area contributed by atoms with Gasteiger partial charge in [0.15, 0.2) is 0 Å². The second-order valence-corrected chi connectivity index (χ2v) is 6.77. The summed E-state index contributed by atoms with van der Waals surface area (Å²) in [4.78, 5) is 29.1. The molecule has 2 aromatic heterocycles. The topological polar surface area (TPSA) is 74.2 Å². The maximum Gasteiger partial charge on any atom is 0.246 e. The van der Waals surface area contributed by atoms with Crippen LogP contribution in [0.3, 0.4) is 0 Å². The third-order valence-electron chi connectivity index (χ3n) is 4.80. The van der Waals surface area contributed by atoms with Crippen molar-refractivity contribution >= 4 is 29.4 Å². The number of carbonyl (C=O) groups is 1. The van der Waals surface area contributed by atoms with E-state index >= 15 is 0 Å². The minimum atomic E-state index is -0.342. The van der Waals surface area contributed by atoms with E-state index in [4.69, 9.17) is 0 Å². The van der Waals surface area contributed by atoms with Crippen molar-refractivity contribution in [1.29, 1.82) is 0 Å². The predicted octanol–water partition coefficient (Wildman–Crippen LogP) is 3.12. The van der Waals surface area contributed by atoms with E-state index in [1.54, 1.807) is 29.3 Å². The fourth-order valence-corrected chi connectivity index (χ4v) is 3.19. The van der Waals surface area contributed by atoms with Crippen LogP contribution in [0.4, 0.5) is 21.8 Å². The minimum absolute atomic E-state index is 0.127. The number of aromatic nitrogens is 3. The lowest BCUT2D eigenvalue weighted by atomic mass is 10.2.